The molecule has 3 rings (SSSR count). The maximum absolute atomic E-state index is 13.1. The van der Waals surface area contributed by atoms with E-state index in [0.717, 1.165) is 30.8 Å². The van der Waals surface area contributed by atoms with Crippen LogP contribution < -0.4 is 0 Å². The number of aryl methyl sites for hydroxylation is 1. The predicted molar refractivity (Wildman–Crippen MR) is 89.1 cm³/mol. The first-order chi connectivity index (χ1) is 11.6. The summed E-state index contributed by atoms with van der Waals surface area (Å²) in [6.07, 6.45) is 4.50. The van der Waals surface area contributed by atoms with Gasteiger partial charge in [-0.2, -0.15) is 5.10 Å². The molecule has 130 valence electrons. The number of aliphatic hydroxyl groups is 1. The smallest absolute Gasteiger partial charge is 0.123 e. The van der Waals surface area contributed by atoms with Gasteiger partial charge in [0.05, 0.1) is 19.4 Å². The fourth-order valence-corrected chi connectivity index (χ4v) is 3.21. The summed E-state index contributed by atoms with van der Waals surface area (Å²) >= 11 is 0. The molecule has 0 aliphatic carbocycles. The van der Waals surface area contributed by atoms with Crippen molar-refractivity contribution < 1.29 is 14.2 Å². The van der Waals surface area contributed by atoms with E-state index in [2.05, 4.69) is 23.1 Å². The van der Waals surface area contributed by atoms with Crippen molar-refractivity contribution in [2.75, 3.05) is 26.3 Å². The van der Waals surface area contributed by atoms with E-state index in [9.17, 15) is 9.50 Å². The van der Waals surface area contributed by atoms with E-state index in [4.69, 9.17) is 4.74 Å². The molecule has 2 aromatic rings. The van der Waals surface area contributed by atoms with Crippen molar-refractivity contribution in [1.82, 2.24) is 14.7 Å². The number of morpholine rings is 1. The number of halogens is 1. The Bertz CT molecular complexity index is 659. The summed E-state index contributed by atoms with van der Waals surface area (Å²) in [5, 5.41) is 14.2. The molecule has 0 spiro atoms. The van der Waals surface area contributed by atoms with Gasteiger partial charge >= 0.3 is 0 Å². The first-order valence-electron chi connectivity index (χ1n) is 8.35. The molecule has 0 amide bonds. The largest absolute Gasteiger partial charge is 0.393 e. The molecule has 6 heteroatoms. The van der Waals surface area contributed by atoms with Crippen LogP contribution in [-0.2, 0) is 24.2 Å². The van der Waals surface area contributed by atoms with Crippen molar-refractivity contribution in [3.63, 3.8) is 0 Å². The van der Waals surface area contributed by atoms with Gasteiger partial charge in [-0.05, 0) is 24.6 Å². The quantitative estimate of drug-likeness (QED) is 0.876. The molecule has 0 radical (unpaired) electrons. The van der Waals surface area contributed by atoms with Crippen LogP contribution in [0, 0.1) is 5.82 Å². The Morgan fingerprint density at radius 3 is 2.75 bits per heavy atom. The van der Waals surface area contributed by atoms with Crippen molar-refractivity contribution >= 4 is 0 Å². The Balaban J connectivity index is 1.67. The van der Waals surface area contributed by atoms with Gasteiger partial charge in [0.15, 0.2) is 0 Å². The second kappa shape index (κ2) is 7.42. The van der Waals surface area contributed by atoms with Gasteiger partial charge in [0.2, 0.25) is 0 Å². The van der Waals surface area contributed by atoms with Gasteiger partial charge in [-0.25, -0.2) is 4.39 Å². The maximum Gasteiger partial charge on any atom is 0.123 e. The summed E-state index contributed by atoms with van der Waals surface area (Å²) < 4.78 is 20.9. The van der Waals surface area contributed by atoms with E-state index in [-0.39, 0.29) is 12.4 Å². The topological polar surface area (TPSA) is 50.5 Å². The number of aromatic nitrogens is 2. The summed E-state index contributed by atoms with van der Waals surface area (Å²) in [5.41, 5.74) is 1.48. The van der Waals surface area contributed by atoms with Crippen LogP contribution in [0.1, 0.15) is 18.1 Å². The third-order valence-corrected chi connectivity index (χ3v) is 4.47. The maximum atomic E-state index is 13.1. The zero-order valence-electron chi connectivity index (χ0n) is 14.0. The second-order valence-corrected chi connectivity index (χ2v) is 6.41. The number of hydrogen-bond donors (Lipinski definition) is 1. The highest BCUT2D eigenvalue weighted by Gasteiger charge is 2.36. The fraction of sp³-hybridized carbons (Fsp3) is 0.500. The van der Waals surface area contributed by atoms with E-state index < -0.39 is 5.60 Å². The highest BCUT2D eigenvalue weighted by Crippen LogP contribution is 2.24. The molecular weight excluding hydrogens is 309 g/mol. The molecule has 1 fully saturated rings. The van der Waals surface area contributed by atoms with Gasteiger partial charge in [0.25, 0.3) is 0 Å². The average molecular weight is 333 g/mol. The molecule has 1 aromatic carbocycles. The normalized spacial score (nSPS) is 22.0. The van der Waals surface area contributed by atoms with Gasteiger partial charge in [0, 0.05) is 44.4 Å². The van der Waals surface area contributed by atoms with Crippen LogP contribution in [0.2, 0.25) is 0 Å². The molecule has 1 N–H and O–H groups in total. The summed E-state index contributed by atoms with van der Waals surface area (Å²) in [5.74, 6) is -0.254. The van der Waals surface area contributed by atoms with Gasteiger partial charge in [-0.3, -0.25) is 9.58 Å². The van der Waals surface area contributed by atoms with E-state index in [1.54, 1.807) is 12.1 Å². The first kappa shape index (κ1) is 17.1. The lowest BCUT2D eigenvalue weighted by Gasteiger charge is -2.41. The second-order valence-electron chi connectivity index (χ2n) is 6.41. The van der Waals surface area contributed by atoms with Crippen molar-refractivity contribution in [3.05, 3.63) is 53.6 Å². The molecular formula is C18H24FN3O2. The molecule has 1 unspecified atom stereocenters. The van der Waals surface area contributed by atoms with Gasteiger partial charge in [-0.1, -0.05) is 12.1 Å². The van der Waals surface area contributed by atoms with Crippen LogP contribution in [0.3, 0.4) is 0 Å². The average Bonchev–Trinajstić information content (AvgIpc) is 3.05. The third kappa shape index (κ3) is 4.01. The minimum Gasteiger partial charge on any atom is -0.393 e. The van der Waals surface area contributed by atoms with E-state index in [1.165, 1.54) is 12.1 Å². The Hall–Kier alpha value is -1.76. The first-order valence-corrected chi connectivity index (χ1v) is 8.35. The molecule has 1 aliphatic rings. The molecule has 2 heterocycles. The fourth-order valence-electron chi connectivity index (χ4n) is 3.21. The Labute approximate surface area is 141 Å². The Kier molecular flexibility index (Phi) is 5.28. The number of benzene rings is 1. The third-order valence-electron chi connectivity index (χ3n) is 4.47. The Morgan fingerprint density at radius 2 is 2.08 bits per heavy atom. The summed E-state index contributed by atoms with van der Waals surface area (Å²) in [7, 11) is 0. The molecule has 1 aliphatic heterocycles. The number of aliphatic hydroxyl groups excluding tert-OH is 1. The minimum atomic E-state index is -0.642. The van der Waals surface area contributed by atoms with Crippen LogP contribution in [0.5, 0.6) is 0 Å². The molecule has 1 atom stereocenters. The molecule has 5 nitrogen and oxygen atoms in total. The lowest BCUT2D eigenvalue weighted by molar-refractivity contribution is -0.134. The van der Waals surface area contributed by atoms with Crippen LogP contribution in [0.4, 0.5) is 4.39 Å². The minimum absolute atomic E-state index is 0.0604. The monoisotopic (exact) mass is 333 g/mol. The predicted octanol–water partition coefficient (Wildman–Crippen LogP) is 1.85. The van der Waals surface area contributed by atoms with E-state index in [0.29, 0.717) is 19.6 Å². The molecule has 1 aromatic heterocycles. The number of hydrogen-bond acceptors (Lipinski definition) is 4. The van der Waals surface area contributed by atoms with Gasteiger partial charge in [-0.15, -0.1) is 0 Å². The standard InChI is InChI=1S/C18H24FN3O2/c1-2-22-12-16(10-20-22)11-21-7-8-24-18(13-21,14-23)9-15-3-5-17(19)6-4-15/h3-6,10,12,23H,2,7-9,11,13-14H2,1H3. The molecule has 0 bridgehead atoms. The van der Waals surface area contributed by atoms with Crippen molar-refractivity contribution in [3.8, 4) is 0 Å². The van der Waals surface area contributed by atoms with Gasteiger partial charge < -0.3 is 9.84 Å². The Morgan fingerprint density at radius 1 is 1.29 bits per heavy atom. The summed E-state index contributed by atoms with van der Waals surface area (Å²) in [4.78, 5) is 2.28. The number of nitrogens with zero attached hydrogens (tertiary/aromatic N) is 3. The lowest BCUT2D eigenvalue weighted by Crippen LogP contribution is -2.55. The van der Waals surface area contributed by atoms with Crippen molar-refractivity contribution in [2.45, 2.75) is 32.0 Å². The highest BCUT2D eigenvalue weighted by atomic mass is 19.1. The lowest BCUT2D eigenvalue weighted by atomic mass is 9.93. The summed E-state index contributed by atoms with van der Waals surface area (Å²) in [6, 6.07) is 6.39. The van der Waals surface area contributed by atoms with Gasteiger partial charge in [0.1, 0.15) is 11.4 Å². The summed E-state index contributed by atoms with van der Waals surface area (Å²) in [6.45, 7) is 5.67. The molecule has 24 heavy (non-hydrogen) atoms. The number of rotatable bonds is 6. The van der Waals surface area contributed by atoms with Crippen LogP contribution in [0.15, 0.2) is 36.7 Å². The number of ether oxygens (including phenoxy) is 1. The zero-order valence-corrected chi connectivity index (χ0v) is 14.0. The van der Waals surface area contributed by atoms with Crippen molar-refractivity contribution in [1.29, 1.82) is 0 Å². The van der Waals surface area contributed by atoms with Crippen molar-refractivity contribution in [2.24, 2.45) is 0 Å². The van der Waals surface area contributed by atoms with Crippen LogP contribution >= 0.6 is 0 Å². The van der Waals surface area contributed by atoms with Crippen LogP contribution in [-0.4, -0.2) is 51.7 Å². The molecule has 0 saturated carbocycles. The van der Waals surface area contributed by atoms with E-state index >= 15 is 0 Å². The SMILES string of the molecule is CCn1cc(CN2CCOC(CO)(Cc3ccc(F)cc3)C2)cn1. The van der Waals surface area contributed by atoms with Crippen LogP contribution in [0.25, 0.3) is 0 Å². The zero-order chi connectivity index (χ0) is 17.0. The highest BCUT2D eigenvalue weighted by molar-refractivity contribution is 5.19. The van der Waals surface area contributed by atoms with E-state index in [1.807, 2.05) is 10.9 Å². The molecule has 1 saturated heterocycles.